The molecule has 0 radical (unpaired) electrons. The molecular weight excluding hydrogens is 297 g/mol. The summed E-state index contributed by atoms with van der Waals surface area (Å²) in [6.45, 7) is 3.54. The molecule has 0 bridgehead atoms. The molecule has 2 amide bonds. The van der Waals surface area contributed by atoms with Gasteiger partial charge in [-0.3, -0.25) is 9.59 Å². The van der Waals surface area contributed by atoms with E-state index in [2.05, 4.69) is 15.5 Å². The highest BCUT2D eigenvalue weighted by Crippen LogP contribution is 2.32. The number of hydrogen-bond donors (Lipinski definition) is 2. The number of fused-ring (bicyclic) bond motifs is 1. The Balaban J connectivity index is 1.60. The summed E-state index contributed by atoms with van der Waals surface area (Å²) >= 11 is 0. The van der Waals surface area contributed by atoms with Gasteiger partial charge >= 0.3 is 0 Å². The fourth-order valence-corrected chi connectivity index (χ4v) is 3.31. The maximum Gasteiger partial charge on any atom is 0.228 e. The molecule has 23 heavy (non-hydrogen) atoms. The third-order valence-corrected chi connectivity index (χ3v) is 4.55. The molecule has 124 valence electrons. The molecule has 1 fully saturated rings. The molecule has 0 spiro atoms. The lowest BCUT2D eigenvalue weighted by atomic mass is 9.89. The molecule has 2 N–H and O–H groups in total. The number of nitrogens with zero attached hydrogens (tertiary/aromatic N) is 1. The van der Waals surface area contributed by atoms with Crippen molar-refractivity contribution in [2.24, 2.45) is 0 Å². The molecular formula is C17H22FN3O2. The van der Waals surface area contributed by atoms with Gasteiger partial charge in [0.15, 0.2) is 0 Å². The van der Waals surface area contributed by atoms with Gasteiger partial charge in [-0.25, -0.2) is 4.39 Å². The van der Waals surface area contributed by atoms with E-state index >= 15 is 0 Å². The monoisotopic (exact) mass is 319 g/mol. The van der Waals surface area contributed by atoms with Crippen LogP contribution in [-0.4, -0.2) is 42.9 Å². The van der Waals surface area contributed by atoms with E-state index in [1.807, 2.05) is 0 Å². The molecule has 1 atom stereocenters. The molecule has 6 heteroatoms. The Morgan fingerprint density at radius 1 is 1.30 bits per heavy atom. The number of hydrogen-bond acceptors (Lipinski definition) is 3. The van der Waals surface area contributed by atoms with E-state index in [1.165, 1.54) is 37.5 Å². The van der Waals surface area contributed by atoms with Crippen molar-refractivity contribution in [3.05, 3.63) is 29.6 Å². The fraction of sp³-hybridized carbons (Fsp3) is 0.529. The first-order valence-corrected chi connectivity index (χ1v) is 8.23. The maximum atomic E-state index is 13.5. The van der Waals surface area contributed by atoms with Crippen LogP contribution < -0.4 is 10.6 Å². The van der Waals surface area contributed by atoms with E-state index < -0.39 is 11.7 Å². The van der Waals surface area contributed by atoms with Gasteiger partial charge in [0.25, 0.3) is 0 Å². The first kappa shape index (κ1) is 15.9. The minimum Gasteiger partial charge on any atom is -0.354 e. The summed E-state index contributed by atoms with van der Waals surface area (Å²) in [5.74, 6) is -1.43. The number of amides is 2. The molecule has 3 rings (SSSR count). The van der Waals surface area contributed by atoms with Gasteiger partial charge < -0.3 is 15.5 Å². The third-order valence-electron chi connectivity index (χ3n) is 4.55. The van der Waals surface area contributed by atoms with E-state index in [-0.39, 0.29) is 18.2 Å². The number of benzene rings is 1. The van der Waals surface area contributed by atoms with Crippen molar-refractivity contribution in [3.63, 3.8) is 0 Å². The van der Waals surface area contributed by atoms with Gasteiger partial charge in [-0.05, 0) is 49.7 Å². The van der Waals surface area contributed by atoms with Gasteiger partial charge in [-0.1, -0.05) is 6.42 Å². The first-order chi connectivity index (χ1) is 11.1. The maximum absolute atomic E-state index is 13.5. The van der Waals surface area contributed by atoms with Crippen LogP contribution in [-0.2, 0) is 9.59 Å². The van der Waals surface area contributed by atoms with E-state index in [1.54, 1.807) is 0 Å². The number of carbonyl (C=O) groups excluding carboxylic acids is 2. The van der Waals surface area contributed by atoms with Crippen molar-refractivity contribution in [1.29, 1.82) is 0 Å². The summed E-state index contributed by atoms with van der Waals surface area (Å²) in [5.41, 5.74) is 1.08. The topological polar surface area (TPSA) is 61.4 Å². The molecule has 1 aromatic carbocycles. The van der Waals surface area contributed by atoms with Crippen LogP contribution in [0.4, 0.5) is 10.1 Å². The zero-order valence-corrected chi connectivity index (χ0v) is 13.1. The Morgan fingerprint density at radius 3 is 2.87 bits per heavy atom. The highest BCUT2D eigenvalue weighted by atomic mass is 19.1. The first-order valence-electron chi connectivity index (χ1n) is 8.23. The van der Waals surface area contributed by atoms with E-state index in [0.29, 0.717) is 17.8 Å². The molecule has 1 unspecified atom stereocenters. The lowest BCUT2D eigenvalue weighted by molar-refractivity contribution is -0.126. The minimum atomic E-state index is -0.615. The molecule has 2 aliphatic rings. The van der Waals surface area contributed by atoms with Crippen molar-refractivity contribution in [2.45, 2.75) is 31.6 Å². The van der Waals surface area contributed by atoms with Crippen molar-refractivity contribution < 1.29 is 14.0 Å². The number of carbonyl (C=O) groups is 2. The fourth-order valence-electron chi connectivity index (χ4n) is 3.31. The second kappa shape index (κ2) is 7.08. The second-order valence-corrected chi connectivity index (χ2v) is 6.23. The van der Waals surface area contributed by atoms with Gasteiger partial charge in [0.05, 0.1) is 5.92 Å². The average Bonchev–Trinajstić information content (AvgIpc) is 2.55. The third kappa shape index (κ3) is 3.88. The predicted molar refractivity (Wildman–Crippen MR) is 85.7 cm³/mol. The Morgan fingerprint density at radius 2 is 2.09 bits per heavy atom. The number of nitrogens with one attached hydrogen (secondary N) is 2. The Bertz CT molecular complexity index is 600. The van der Waals surface area contributed by atoms with Gasteiger partial charge in [-0.2, -0.15) is 0 Å². The Hall–Kier alpha value is -1.95. The van der Waals surface area contributed by atoms with Crippen molar-refractivity contribution in [1.82, 2.24) is 10.2 Å². The van der Waals surface area contributed by atoms with Crippen LogP contribution in [0.25, 0.3) is 0 Å². The largest absolute Gasteiger partial charge is 0.354 e. The van der Waals surface area contributed by atoms with E-state index in [9.17, 15) is 14.0 Å². The smallest absolute Gasteiger partial charge is 0.228 e. The zero-order valence-electron chi connectivity index (χ0n) is 13.1. The Kier molecular flexibility index (Phi) is 4.91. The number of rotatable bonds is 4. The highest BCUT2D eigenvalue weighted by Gasteiger charge is 2.30. The van der Waals surface area contributed by atoms with Gasteiger partial charge in [-0.15, -0.1) is 0 Å². The molecule has 0 aliphatic carbocycles. The Labute approximate surface area is 135 Å². The van der Waals surface area contributed by atoms with Gasteiger partial charge in [0.1, 0.15) is 5.82 Å². The molecule has 1 aromatic rings. The predicted octanol–water partition coefficient (Wildman–Crippen LogP) is 1.85. The summed E-state index contributed by atoms with van der Waals surface area (Å²) in [6.07, 6.45) is 3.77. The van der Waals surface area contributed by atoms with Crippen LogP contribution in [0, 0.1) is 5.82 Å². The summed E-state index contributed by atoms with van der Waals surface area (Å²) in [7, 11) is 0. The highest BCUT2D eigenvalue weighted by molar-refractivity contribution is 6.01. The SMILES string of the molecule is O=C1CC(C(=O)NCCN2CCCCC2)c2cc(F)ccc2N1. The second-order valence-electron chi connectivity index (χ2n) is 6.23. The molecule has 2 aliphatic heterocycles. The average molecular weight is 319 g/mol. The summed E-state index contributed by atoms with van der Waals surface area (Å²) in [5, 5.41) is 5.58. The standard InChI is InChI=1S/C17H22FN3O2/c18-12-4-5-15-13(10-12)14(11-16(22)20-15)17(23)19-6-9-21-7-2-1-3-8-21/h4-5,10,14H,1-3,6-9,11H2,(H,19,23)(H,20,22). The lowest BCUT2D eigenvalue weighted by Gasteiger charge is -2.28. The number of piperidine rings is 1. The van der Waals surface area contributed by atoms with Gasteiger partial charge in [0, 0.05) is 25.2 Å². The zero-order chi connectivity index (χ0) is 16.2. The van der Waals surface area contributed by atoms with Crippen LogP contribution in [0.5, 0.6) is 0 Å². The van der Waals surface area contributed by atoms with Crippen LogP contribution in [0.1, 0.15) is 37.2 Å². The van der Waals surface area contributed by atoms with Crippen LogP contribution in [0.3, 0.4) is 0 Å². The van der Waals surface area contributed by atoms with Crippen LogP contribution in [0.2, 0.25) is 0 Å². The quantitative estimate of drug-likeness (QED) is 0.890. The van der Waals surface area contributed by atoms with Crippen LogP contribution >= 0.6 is 0 Å². The van der Waals surface area contributed by atoms with E-state index in [0.717, 1.165) is 19.6 Å². The summed E-state index contributed by atoms with van der Waals surface area (Å²) in [4.78, 5) is 26.5. The molecule has 0 aromatic heterocycles. The molecule has 1 saturated heterocycles. The molecule has 2 heterocycles. The normalized spacial score (nSPS) is 21.4. The van der Waals surface area contributed by atoms with E-state index in [4.69, 9.17) is 0 Å². The van der Waals surface area contributed by atoms with Crippen LogP contribution in [0.15, 0.2) is 18.2 Å². The van der Waals surface area contributed by atoms with Crippen molar-refractivity contribution in [3.8, 4) is 0 Å². The number of likely N-dealkylation sites (tertiary alicyclic amines) is 1. The molecule has 0 saturated carbocycles. The number of anilines is 1. The molecule has 5 nitrogen and oxygen atoms in total. The summed E-state index contributed by atoms with van der Waals surface area (Å²) in [6, 6.07) is 4.13. The minimum absolute atomic E-state index is 0.0615. The van der Waals surface area contributed by atoms with Gasteiger partial charge in [0.2, 0.25) is 11.8 Å². The van der Waals surface area contributed by atoms with Crippen molar-refractivity contribution in [2.75, 3.05) is 31.5 Å². The number of halogens is 1. The summed E-state index contributed by atoms with van der Waals surface area (Å²) < 4.78 is 13.5. The lowest BCUT2D eigenvalue weighted by Crippen LogP contribution is -2.40. The van der Waals surface area contributed by atoms with Crippen molar-refractivity contribution >= 4 is 17.5 Å².